The summed E-state index contributed by atoms with van der Waals surface area (Å²) in [4.78, 5) is 0. The van der Waals surface area contributed by atoms with Gasteiger partial charge < -0.3 is 10.5 Å². The minimum atomic E-state index is 0.158. The zero-order chi connectivity index (χ0) is 10.3. The molecule has 0 saturated carbocycles. The Balaban J connectivity index is 2.20. The van der Waals surface area contributed by atoms with E-state index in [1.54, 1.807) is 0 Å². The van der Waals surface area contributed by atoms with Gasteiger partial charge in [0.2, 0.25) is 0 Å². The number of hydrogen-bond acceptors (Lipinski definition) is 2. The van der Waals surface area contributed by atoms with Crippen LogP contribution in [0.3, 0.4) is 0 Å². The van der Waals surface area contributed by atoms with Gasteiger partial charge in [-0.25, -0.2) is 0 Å². The van der Waals surface area contributed by atoms with Crippen LogP contribution in [-0.4, -0.2) is 12.6 Å². The molecule has 0 fully saturated rings. The molecule has 2 aromatic carbocycles. The number of fused-ring (bicyclic) bond motifs is 3. The van der Waals surface area contributed by atoms with Gasteiger partial charge in [0, 0.05) is 18.4 Å². The van der Waals surface area contributed by atoms with Crippen molar-refractivity contribution in [3.05, 3.63) is 42.0 Å². The Morgan fingerprint density at radius 3 is 2.93 bits per heavy atom. The summed E-state index contributed by atoms with van der Waals surface area (Å²) in [6.07, 6.45) is 1.10. The first-order chi connectivity index (χ1) is 7.38. The highest BCUT2D eigenvalue weighted by Gasteiger charge is 2.22. The van der Waals surface area contributed by atoms with Crippen LogP contribution in [0.5, 0.6) is 5.75 Å². The summed E-state index contributed by atoms with van der Waals surface area (Å²) in [6.45, 7) is 0.586. The largest absolute Gasteiger partial charge is 0.488 e. The van der Waals surface area contributed by atoms with Crippen molar-refractivity contribution in [2.24, 2.45) is 5.73 Å². The summed E-state index contributed by atoms with van der Waals surface area (Å²) in [5.74, 6) is 1.03. The molecule has 1 aliphatic rings. The zero-order valence-electron chi connectivity index (χ0n) is 8.44. The second-order valence-corrected chi connectivity index (χ2v) is 3.95. The Labute approximate surface area is 88.7 Å². The van der Waals surface area contributed by atoms with E-state index >= 15 is 0 Å². The van der Waals surface area contributed by atoms with Crippen LogP contribution in [0.25, 0.3) is 10.8 Å². The molecule has 2 N–H and O–H groups in total. The molecule has 0 aliphatic carbocycles. The van der Waals surface area contributed by atoms with Crippen LogP contribution >= 0.6 is 0 Å². The second kappa shape index (κ2) is 3.24. The number of nitrogens with two attached hydrogens (primary N) is 1. The maximum atomic E-state index is 5.84. The third-order valence-corrected chi connectivity index (χ3v) is 2.96. The molecule has 15 heavy (non-hydrogen) atoms. The fourth-order valence-electron chi connectivity index (χ4n) is 2.17. The molecule has 1 aliphatic heterocycles. The molecule has 1 heterocycles. The normalized spacial score (nSPS) is 18.9. The van der Waals surface area contributed by atoms with E-state index in [2.05, 4.69) is 24.3 Å². The van der Waals surface area contributed by atoms with Gasteiger partial charge in [-0.05, 0) is 10.9 Å². The lowest BCUT2D eigenvalue weighted by molar-refractivity contribution is 0.244. The van der Waals surface area contributed by atoms with E-state index in [4.69, 9.17) is 10.5 Å². The quantitative estimate of drug-likeness (QED) is 0.763. The first-order valence-corrected chi connectivity index (χ1v) is 5.26. The standard InChI is InChI=1S/C13H13NO/c14-8-11-7-10-6-5-9-3-1-2-4-12(9)13(10)15-11/h1-6,11H,7-8,14H2/t11-/m0/s1. The first kappa shape index (κ1) is 8.74. The minimum Gasteiger partial charge on any atom is -0.488 e. The number of rotatable bonds is 1. The van der Waals surface area contributed by atoms with Crippen molar-refractivity contribution >= 4 is 10.8 Å². The molecule has 2 nitrogen and oxygen atoms in total. The third kappa shape index (κ3) is 1.29. The summed E-state index contributed by atoms with van der Waals surface area (Å²) in [5, 5.41) is 2.43. The molecule has 0 saturated heterocycles. The highest BCUT2D eigenvalue weighted by molar-refractivity contribution is 5.90. The summed E-state index contributed by atoms with van der Waals surface area (Å²) in [7, 11) is 0. The maximum Gasteiger partial charge on any atom is 0.130 e. The Bertz CT molecular complexity index is 507. The highest BCUT2D eigenvalue weighted by atomic mass is 16.5. The van der Waals surface area contributed by atoms with Gasteiger partial charge in [0.05, 0.1) is 0 Å². The van der Waals surface area contributed by atoms with E-state index in [1.807, 2.05) is 12.1 Å². The summed E-state index contributed by atoms with van der Waals surface area (Å²) >= 11 is 0. The minimum absolute atomic E-state index is 0.158. The number of benzene rings is 2. The molecule has 2 aromatic rings. The smallest absolute Gasteiger partial charge is 0.130 e. The topological polar surface area (TPSA) is 35.2 Å². The van der Waals surface area contributed by atoms with E-state index in [0.29, 0.717) is 6.54 Å². The van der Waals surface area contributed by atoms with Gasteiger partial charge in [0.25, 0.3) is 0 Å². The summed E-state index contributed by atoms with van der Waals surface area (Å²) in [5.41, 5.74) is 6.91. The molecule has 2 heteroatoms. The van der Waals surface area contributed by atoms with Gasteiger partial charge >= 0.3 is 0 Å². The second-order valence-electron chi connectivity index (χ2n) is 3.95. The first-order valence-electron chi connectivity index (χ1n) is 5.26. The van der Waals surface area contributed by atoms with Crippen molar-refractivity contribution in [3.8, 4) is 5.75 Å². The van der Waals surface area contributed by atoms with E-state index in [0.717, 1.165) is 12.2 Å². The molecule has 0 bridgehead atoms. The lowest BCUT2D eigenvalue weighted by Crippen LogP contribution is -2.24. The Morgan fingerprint density at radius 1 is 1.20 bits per heavy atom. The van der Waals surface area contributed by atoms with Gasteiger partial charge in [-0.2, -0.15) is 0 Å². The Hall–Kier alpha value is -1.54. The third-order valence-electron chi connectivity index (χ3n) is 2.96. The number of ether oxygens (including phenoxy) is 1. The van der Waals surface area contributed by atoms with E-state index < -0.39 is 0 Å². The van der Waals surface area contributed by atoms with Gasteiger partial charge in [-0.3, -0.25) is 0 Å². The van der Waals surface area contributed by atoms with Crippen LogP contribution in [0.1, 0.15) is 5.56 Å². The lowest BCUT2D eigenvalue weighted by atomic mass is 10.0. The summed E-state index contributed by atoms with van der Waals surface area (Å²) < 4.78 is 5.84. The highest BCUT2D eigenvalue weighted by Crippen LogP contribution is 2.35. The average molecular weight is 199 g/mol. The molecular weight excluding hydrogens is 186 g/mol. The van der Waals surface area contributed by atoms with Gasteiger partial charge in [-0.15, -0.1) is 0 Å². The van der Waals surface area contributed by atoms with Crippen LogP contribution in [0.2, 0.25) is 0 Å². The molecule has 0 unspecified atom stereocenters. The molecule has 0 amide bonds. The van der Waals surface area contributed by atoms with Crippen LogP contribution in [0.15, 0.2) is 36.4 Å². The maximum absolute atomic E-state index is 5.84. The SMILES string of the molecule is NC[C@@H]1Cc2ccc3ccccc3c2O1. The van der Waals surface area contributed by atoms with E-state index in [1.165, 1.54) is 16.3 Å². The number of hydrogen-bond donors (Lipinski definition) is 1. The zero-order valence-corrected chi connectivity index (χ0v) is 8.44. The van der Waals surface area contributed by atoms with E-state index in [-0.39, 0.29) is 6.10 Å². The predicted octanol–water partition coefficient (Wildman–Crippen LogP) is 2.10. The van der Waals surface area contributed by atoms with Crippen LogP contribution in [0.4, 0.5) is 0 Å². The van der Waals surface area contributed by atoms with Gasteiger partial charge in [0.1, 0.15) is 11.9 Å². The molecular formula is C13H13NO. The van der Waals surface area contributed by atoms with Crippen LogP contribution in [0, 0.1) is 0 Å². The lowest BCUT2D eigenvalue weighted by Gasteiger charge is -2.08. The Kier molecular flexibility index (Phi) is 1.89. The van der Waals surface area contributed by atoms with Crippen molar-refractivity contribution in [2.75, 3.05) is 6.54 Å². The predicted molar refractivity (Wildman–Crippen MR) is 61.1 cm³/mol. The summed E-state index contributed by atoms with van der Waals surface area (Å²) in [6, 6.07) is 12.6. The van der Waals surface area contributed by atoms with Crippen molar-refractivity contribution in [1.82, 2.24) is 0 Å². The molecule has 76 valence electrons. The van der Waals surface area contributed by atoms with Crippen LogP contribution in [-0.2, 0) is 6.42 Å². The van der Waals surface area contributed by atoms with Crippen LogP contribution < -0.4 is 10.5 Å². The molecule has 0 radical (unpaired) electrons. The van der Waals surface area contributed by atoms with Gasteiger partial charge in [-0.1, -0.05) is 36.4 Å². The Morgan fingerprint density at radius 2 is 2.07 bits per heavy atom. The molecule has 3 rings (SSSR count). The van der Waals surface area contributed by atoms with Crippen molar-refractivity contribution < 1.29 is 4.74 Å². The fourth-order valence-corrected chi connectivity index (χ4v) is 2.17. The molecule has 0 spiro atoms. The van der Waals surface area contributed by atoms with Crippen molar-refractivity contribution in [1.29, 1.82) is 0 Å². The molecule has 1 atom stereocenters. The van der Waals surface area contributed by atoms with E-state index in [9.17, 15) is 0 Å². The molecule has 0 aromatic heterocycles. The van der Waals surface area contributed by atoms with Gasteiger partial charge in [0.15, 0.2) is 0 Å². The van der Waals surface area contributed by atoms with Crippen molar-refractivity contribution in [3.63, 3.8) is 0 Å². The fraction of sp³-hybridized carbons (Fsp3) is 0.231. The monoisotopic (exact) mass is 199 g/mol. The average Bonchev–Trinajstić information content (AvgIpc) is 2.72. The van der Waals surface area contributed by atoms with Crippen molar-refractivity contribution in [2.45, 2.75) is 12.5 Å².